The van der Waals surface area contributed by atoms with Gasteiger partial charge in [0.1, 0.15) is 0 Å². The number of ether oxygens (including phenoxy) is 1. The Morgan fingerprint density at radius 3 is 2.72 bits per heavy atom. The Morgan fingerprint density at radius 1 is 1.50 bits per heavy atom. The van der Waals surface area contributed by atoms with Crippen LogP contribution >= 0.6 is 31.9 Å². The summed E-state index contributed by atoms with van der Waals surface area (Å²) in [7, 11) is 3.44. The van der Waals surface area contributed by atoms with Crippen LogP contribution in [0.5, 0.6) is 0 Å². The first-order chi connectivity index (χ1) is 8.45. The van der Waals surface area contributed by atoms with Gasteiger partial charge in [0, 0.05) is 30.7 Å². The Hall–Kier alpha value is -0.390. The first-order valence-corrected chi connectivity index (χ1v) is 7.31. The molecule has 0 aliphatic heterocycles. The first kappa shape index (κ1) is 15.7. The summed E-state index contributed by atoms with van der Waals surface area (Å²) in [6.07, 6.45) is 0. The van der Waals surface area contributed by atoms with E-state index in [2.05, 4.69) is 31.9 Å². The van der Waals surface area contributed by atoms with Crippen molar-refractivity contribution in [2.75, 3.05) is 27.3 Å². The van der Waals surface area contributed by atoms with Crippen LogP contribution in [-0.2, 0) is 4.74 Å². The summed E-state index contributed by atoms with van der Waals surface area (Å²) >= 11 is 6.91. The van der Waals surface area contributed by atoms with Gasteiger partial charge in [-0.05, 0) is 30.7 Å². The standard InChI is InChI=1S/C13H17Br2NO2/c1-9-6-10(4-5-12(9)15)13(17)16(2)7-11(14)8-18-3/h4-6,11H,7-8H2,1-3H3. The molecule has 100 valence electrons. The van der Waals surface area contributed by atoms with Crippen LogP contribution in [0.25, 0.3) is 0 Å². The van der Waals surface area contributed by atoms with E-state index >= 15 is 0 Å². The lowest BCUT2D eigenvalue weighted by Gasteiger charge is -2.20. The Labute approximate surface area is 125 Å². The zero-order chi connectivity index (χ0) is 13.7. The predicted molar refractivity (Wildman–Crippen MR) is 80.4 cm³/mol. The van der Waals surface area contributed by atoms with E-state index in [4.69, 9.17) is 4.74 Å². The number of nitrogens with zero attached hydrogens (tertiary/aromatic N) is 1. The van der Waals surface area contributed by atoms with Crippen molar-refractivity contribution in [2.45, 2.75) is 11.8 Å². The summed E-state index contributed by atoms with van der Waals surface area (Å²) < 4.78 is 6.05. The maximum Gasteiger partial charge on any atom is 0.253 e. The van der Waals surface area contributed by atoms with Gasteiger partial charge in [0.25, 0.3) is 5.91 Å². The first-order valence-electron chi connectivity index (χ1n) is 5.60. The number of benzene rings is 1. The second-order valence-corrected chi connectivity index (χ2v) is 6.35. The molecule has 0 aliphatic carbocycles. The van der Waals surface area contributed by atoms with Crippen LogP contribution in [-0.4, -0.2) is 42.9 Å². The van der Waals surface area contributed by atoms with Crippen molar-refractivity contribution in [2.24, 2.45) is 0 Å². The number of carbonyl (C=O) groups is 1. The van der Waals surface area contributed by atoms with Crippen molar-refractivity contribution >= 4 is 37.8 Å². The fourth-order valence-corrected chi connectivity index (χ4v) is 2.56. The average Bonchev–Trinajstić information content (AvgIpc) is 2.32. The number of hydrogen-bond donors (Lipinski definition) is 0. The minimum absolute atomic E-state index is 0.0196. The van der Waals surface area contributed by atoms with Crippen LogP contribution in [0.3, 0.4) is 0 Å². The molecule has 0 bridgehead atoms. The molecule has 1 aromatic rings. The lowest BCUT2D eigenvalue weighted by Crippen LogP contribution is -2.33. The van der Waals surface area contributed by atoms with Crippen molar-refractivity contribution in [3.8, 4) is 0 Å². The molecule has 1 atom stereocenters. The monoisotopic (exact) mass is 377 g/mol. The van der Waals surface area contributed by atoms with Crippen LogP contribution in [0.4, 0.5) is 0 Å². The van der Waals surface area contributed by atoms with Gasteiger partial charge in [-0.2, -0.15) is 0 Å². The topological polar surface area (TPSA) is 29.5 Å². The molecule has 1 unspecified atom stereocenters. The minimum atomic E-state index is 0.0196. The van der Waals surface area contributed by atoms with E-state index in [9.17, 15) is 4.79 Å². The van der Waals surface area contributed by atoms with Gasteiger partial charge < -0.3 is 9.64 Å². The van der Waals surface area contributed by atoms with Crippen LogP contribution in [0.15, 0.2) is 22.7 Å². The molecule has 18 heavy (non-hydrogen) atoms. The highest BCUT2D eigenvalue weighted by molar-refractivity contribution is 9.10. The van der Waals surface area contributed by atoms with Crippen LogP contribution in [0.1, 0.15) is 15.9 Å². The fourth-order valence-electron chi connectivity index (χ4n) is 1.61. The van der Waals surface area contributed by atoms with Crippen molar-refractivity contribution in [3.05, 3.63) is 33.8 Å². The maximum absolute atomic E-state index is 12.2. The normalized spacial score (nSPS) is 12.3. The highest BCUT2D eigenvalue weighted by Gasteiger charge is 2.15. The van der Waals surface area contributed by atoms with Crippen molar-refractivity contribution < 1.29 is 9.53 Å². The zero-order valence-electron chi connectivity index (χ0n) is 10.7. The van der Waals surface area contributed by atoms with Crippen LogP contribution in [0.2, 0.25) is 0 Å². The third kappa shape index (κ3) is 4.37. The molecule has 0 fully saturated rings. The number of amides is 1. The minimum Gasteiger partial charge on any atom is -0.383 e. The molecule has 1 amide bonds. The molecule has 3 nitrogen and oxygen atoms in total. The van der Waals surface area contributed by atoms with Crippen molar-refractivity contribution in [1.29, 1.82) is 0 Å². The van der Waals surface area contributed by atoms with Gasteiger partial charge in [0.15, 0.2) is 0 Å². The maximum atomic E-state index is 12.2. The lowest BCUT2D eigenvalue weighted by atomic mass is 10.1. The molecule has 1 rings (SSSR count). The summed E-state index contributed by atoms with van der Waals surface area (Å²) in [5, 5.41) is 0. The van der Waals surface area contributed by atoms with Gasteiger partial charge >= 0.3 is 0 Å². The summed E-state index contributed by atoms with van der Waals surface area (Å²) in [5.41, 5.74) is 1.76. The summed E-state index contributed by atoms with van der Waals surface area (Å²) in [5.74, 6) is 0.0196. The average molecular weight is 379 g/mol. The molecule has 0 radical (unpaired) electrons. The Bertz CT molecular complexity index is 423. The third-order valence-corrected chi connectivity index (χ3v) is 4.01. The molecule has 1 aromatic carbocycles. The molecule has 0 spiro atoms. The van der Waals surface area contributed by atoms with Gasteiger partial charge in [0.05, 0.1) is 11.4 Å². The van der Waals surface area contributed by atoms with E-state index in [1.54, 1.807) is 19.1 Å². The molecule has 0 aliphatic rings. The van der Waals surface area contributed by atoms with Gasteiger partial charge in [0.2, 0.25) is 0 Å². The van der Waals surface area contributed by atoms with E-state index in [1.807, 2.05) is 25.1 Å². The van der Waals surface area contributed by atoms with Gasteiger partial charge in [-0.3, -0.25) is 4.79 Å². The molecular weight excluding hydrogens is 362 g/mol. The zero-order valence-corrected chi connectivity index (χ0v) is 13.9. The van der Waals surface area contributed by atoms with Crippen LogP contribution in [0, 0.1) is 6.92 Å². The Morgan fingerprint density at radius 2 is 2.17 bits per heavy atom. The molecule has 0 N–H and O–H groups in total. The molecule has 0 aromatic heterocycles. The lowest BCUT2D eigenvalue weighted by molar-refractivity contribution is 0.0784. The predicted octanol–water partition coefficient (Wildman–Crippen LogP) is 3.24. The molecule has 0 saturated heterocycles. The Balaban J connectivity index is 2.71. The summed E-state index contributed by atoms with van der Waals surface area (Å²) in [6.45, 7) is 3.16. The second-order valence-electron chi connectivity index (χ2n) is 4.20. The van der Waals surface area contributed by atoms with E-state index in [1.165, 1.54) is 0 Å². The SMILES string of the molecule is COCC(Br)CN(C)C(=O)c1ccc(Br)c(C)c1. The number of halogens is 2. The van der Waals surface area contributed by atoms with Crippen LogP contribution < -0.4 is 0 Å². The van der Waals surface area contributed by atoms with E-state index in [0.717, 1.165) is 10.0 Å². The quantitative estimate of drug-likeness (QED) is 0.736. The number of hydrogen-bond acceptors (Lipinski definition) is 2. The molecule has 0 saturated carbocycles. The smallest absolute Gasteiger partial charge is 0.253 e. The third-order valence-electron chi connectivity index (χ3n) is 2.57. The van der Waals surface area contributed by atoms with Gasteiger partial charge in [-0.1, -0.05) is 31.9 Å². The van der Waals surface area contributed by atoms with Crippen molar-refractivity contribution in [3.63, 3.8) is 0 Å². The fraction of sp³-hybridized carbons (Fsp3) is 0.462. The van der Waals surface area contributed by atoms with Gasteiger partial charge in [-0.15, -0.1) is 0 Å². The Kier molecular flexibility index (Phi) is 6.32. The number of aryl methyl sites for hydroxylation is 1. The highest BCUT2D eigenvalue weighted by Crippen LogP contribution is 2.18. The number of methoxy groups -OCH3 is 1. The number of carbonyl (C=O) groups excluding carboxylic acids is 1. The van der Waals surface area contributed by atoms with E-state index < -0.39 is 0 Å². The summed E-state index contributed by atoms with van der Waals surface area (Å²) in [4.78, 5) is 14.0. The highest BCUT2D eigenvalue weighted by atomic mass is 79.9. The van der Waals surface area contributed by atoms with E-state index in [-0.39, 0.29) is 10.7 Å². The molecular formula is C13H17Br2NO2. The largest absolute Gasteiger partial charge is 0.383 e. The second kappa shape index (κ2) is 7.26. The number of rotatable bonds is 5. The summed E-state index contributed by atoms with van der Waals surface area (Å²) in [6, 6.07) is 5.62. The van der Waals surface area contributed by atoms with Crippen molar-refractivity contribution in [1.82, 2.24) is 4.90 Å². The van der Waals surface area contributed by atoms with Gasteiger partial charge in [-0.25, -0.2) is 0 Å². The molecule has 5 heteroatoms. The number of alkyl halides is 1. The van der Waals surface area contributed by atoms with E-state index in [0.29, 0.717) is 18.7 Å². The molecule has 0 heterocycles.